The molecule has 9 heteroatoms. The van der Waals surface area contributed by atoms with Crippen molar-refractivity contribution in [2.45, 2.75) is 56.9 Å². The van der Waals surface area contributed by atoms with E-state index < -0.39 is 6.43 Å². The van der Waals surface area contributed by atoms with Gasteiger partial charge in [-0.15, -0.1) is 0 Å². The molecule has 30 heavy (non-hydrogen) atoms. The van der Waals surface area contributed by atoms with Gasteiger partial charge in [0.05, 0.1) is 11.7 Å². The van der Waals surface area contributed by atoms with E-state index in [2.05, 4.69) is 15.2 Å². The summed E-state index contributed by atoms with van der Waals surface area (Å²) in [6.07, 6.45) is 4.88. The van der Waals surface area contributed by atoms with Gasteiger partial charge in [0.1, 0.15) is 5.69 Å². The van der Waals surface area contributed by atoms with Gasteiger partial charge in [-0.2, -0.15) is 10.2 Å². The molecule has 1 atom stereocenters. The molecule has 0 aromatic carbocycles. The normalized spacial score (nSPS) is 20.1. The molecule has 0 radical (unpaired) electrons. The van der Waals surface area contributed by atoms with Crippen molar-refractivity contribution in [1.82, 2.24) is 29.3 Å². The number of likely N-dealkylation sites (tertiary alicyclic amines) is 1. The smallest absolute Gasteiger partial charge is 0.280 e. The third-order valence-corrected chi connectivity index (χ3v) is 6.00. The molecule has 1 saturated heterocycles. The first-order valence-corrected chi connectivity index (χ1v) is 10.5. The van der Waals surface area contributed by atoms with Gasteiger partial charge in [-0.05, 0) is 37.8 Å². The van der Waals surface area contributed by atoms with Gasteiger partial charge >= 0.3 is 0 Å². The van der Waals surface area contributed by atoms with Gasteiger partial charge in [0.25, 0.3) is 12.3 Å². The van der Waals surface area contributed by atoms with E-state index in [0.29, 0.717) is 17.9 Å². The quantitative estimate of drug-likeness (QED) is 0.646. The van der Waals surface area contributed by atoms with E-state index in [-0.39, 0.29) is 29.3 Å². The van der Waals surface area contributed by atoms with Crippen molar-refractivity contribution < 1.29 is 13.6 Å². The van der Waals surface area contributed by atoms with Gasteiger partial charge < -0.3 is 4.90 Å². The van der Waals surface area contributed by atoms with Crippen LogP contribution in [-0.4, -0.2) is 41.7 Å². The van der Waals surface area contributed by atoms with Gasteiger partial charge in [-0.25, -0.2) is 18.3 Å². The number of aromatic nitrogens is 5. The Hall–Kier alpha value is -2.84. The summed E-state index contributed by atoms with van der Waals surface area (Å²) in [5.41, 5.74) is 1.76. The minimum absolute atomic E-state index is 0.143. The van der Waals surface area contributed by atoms with Crippen molar-refractivity contribution in [3.63, 3.8) is 0 Å². The summed E-state index contributed by atoms with van der Waals surface area (Å²) in [7, 11) is 1.85. The Bertz CT molecular complexity index is 1090. The van der Waals surface area contributed by atoms with Gasteiger partial charge in [0.15, 0.2) is 11.3 Å². The average molecular weight is 414 g/mol. The van der Waals surface area contributed by atoms with Gasteiger partial charge in [-0.3, -0.25) is 9.48 Å². The van der Waals surface area contributed by atoms with Gasteiger partial charge in [-0.1, -0.05) is 12.8 Å². The van der Waals surface area contributed by atoms with Crippen LogP contribution in [0.15, 0.2) is 24.4 Å². The molecular weight excluding hydrogens is 390 g/mol. The minimum atomic E-state index is -2.68. The predicted molar refractivity (Wildman–Crippen MR) is 105 cm³/mol. The van der Waals surface area contributed by atoms with Crippen LogP contribution < -0.4 is 0 Å². The Balaban J connectivity index is 1.53. The number of nitrogens with zero attached hydrogens (tertiary/aromatic N) is 6. The Morgan fingerprint density at radius 3 is 2.63 bits per heavy atom. The molecule has 0 unspecified atom stereocenters. The largest absolute Gasteiger partial charge is 0.329 e. The molecule has 0 N–H and O–H groups in total. The molecule has 0 bridgehead atoms. The monoisotopic (exact) mass is 414 g/mol. The molecule has 0 spiro atoms. The first kappa shape index (κ1) is 19.1. The zero-order valence-corrected chi connectivity index (χ0v) is 16.8. The molecule has 3 aromatic heterocycles. The number of hydrogen-bond acceptors (Lipinski definition) is 4. The van der Waals surface area contributed by atoms with E-state index in [9.17, 15) is 13.6 Å². The number of rotatable bonds is 4. The molecule has 158 valence electrons. The number of carbonyl (C=O) groups is 1. The van der Waals surface area contributed by atoms with Crippen molar-refractivity contribution in [3.05, 3.63) is 47.2 Å². The third-order valence-electron chi connectivity index (χ3n) is 6.00. The predicted octanol–water partition coefficient (Wildman–Crippen LogP) is 4.04. The SMILES string of the molecule is Cn1ccc([C@H]2CCCCCN2C(=O)c2cc3nc(C4CC4)cc(C(F)F)n3n2)n1. The molecule has 4 heterocycles. The number of alkyl halides is 2. The minimum Gasteiger partial charge on any atom is -0.329 e. The summed E-state index contributed by atoms with van der Waals surface area (Å²) < 4.78 is 30.2. The Kier molecular flexibility index (Phi) is 4.75. The molecule has 2 fully saturated rings. The maximum atomic E-state index is 13.7. The summed E-state index contributed by atoms with van der Waals surface area (Å²) in [5, 5.41) is 8.76. The Morgan fingerprint density at radius 2 is 1.93 bits per heavy atom. The van der Waals surface area contributed by atoms with Crippen molar-refractivity contribution in [2.24, 2.45) is 7.05 Å². The zero-order chi connectivity index (χ0) is 20.8. The van der Waals surface area contributed by atoms with E-state index in [1.54, 1.807) is 15.6 Å². The highest BCUT2D eigenvalue weighted by molar-refractivity contribution is 5.93. The van der Waals surface area contributed by atoms with Gasteiger partial charge in [0, 0.05) is 37.5 Å². The van der Waals surface area contributed by atoms with Crippen molar-refractivity contribution in [1.29, 1.82) is 0 Å². The highest BCUT2D eigenvalue weighted by Crippen LogP contribution is 2.40. The number of carbonyl (C=O) groups excluding carboxylic acids is 1. The second-order valence-electron chi connectivity index (χ2n) is 8.26. The first-order valence-electron chi connectivity index (χ1n) is 10.5. The Labute approximate surface area is 172 Å². The molecule has 3 aromatic rings. The lowest BCUT2D eigenvalue weighted by molar-refractivity contribution is 0.0669. The average Bonchev–Trinajstić information content (AvgIpc) is 3.42. The first-order chi connectivity index (χ1) is 14.5. The van der Waals surface area contributed by atoms with Crippen LogP contribution in [0.4, 0.5) is 8.78 Å². The lowest BCUT2D eigenvalue weighted by atomic mass is 10.1. The third kappa shape index (κ3) is 3.46. The second-order valence-corrected chi connectivity index (χ2v) is 8.26. The number of aryl methyl sites for hydroxylation is 1. The molecule has 2 aliphatic rings. The number of halogens is 2. The van der Waals surface area contributed by atoms with Crippen molar-refractivity contribution in [2.75, 3.05) is 6.54 Å². The van der Waals surface area contributed by atoms with Crippen LogP contribution in [0.1, 0.15) is 84.5 Å². The van der Waals surface area contributed by atoms with Crippen LogP contribution in [0, 0.1) is 0 Å². The maximum Gasteiger partial charge on any atom is 0.280 e. The van der Waals surface area contributed by atoms with E-state index in [1.807, 2.05) is 19.3 Å². The fourth-order valence-corrected chi connectivity index (χ4v) is 4.28. The molecule has 1 amide bonds. The lowest BCUT2D eigenvalue weighted by Crippen LogP contribution is -2.35. The molecule has 7 nitrogen and oxygen atoms in total. The summed E-state index contributed by atoms with van der Waals surface area (Å²) in [5.74, 6) is -0.0214. The molecule has 1 aliphatic carbocycles. The summed E-state index contributed by atoms with van der Waals surface area (Å²) >= 11 is 0. The van der Waals surface area contributed by atoms with Crippen LogP contribution in [-0.2, 0) is 7.05 Å². The van der Waals surface area contributed by atoms with E-state index in [4.69, 9.17) is 0 Å². The summed E-state index contributed by atoms with van der Waals surface area (Å²) in [4.78, 5) is 19.7. The lowest BCUT2D eigenvalue weighted by Gasteiger charge is -2.28. The van der Waals surface area contributed by atoms with Gasteiger partial charge in [0.2, 0.25) is 0 Å². The maximum absolute atomic E-state index is 13.7. The van der Waals surface area contributed by atoms with Crippen LogP contribution in [0.25, 0.3) is 5.65 Å². The summed E-state index contributed by atoms with van der Waals surface area (Å²) in [6, 6.07) is 4.76. The zero-order valence-electron chi connectivity index (χ0n) is 16.8. The number of amides is 1. The molecule has 1 saturated carbocycles. The highest BCUT2D eigenvalue weighted by Gasteiger charge is 2.32. The topological polar surface area (TPSA) is 68.3 Å². The standard InChI is InChI=1S/C21H24F2N6O/c1-27-10-8-14(25-27)17-5-3-2-4-9-28(17)21(30)16-12-19-24-15(13-6-7-13)11-18(20(22)23)29(19)26-16/h8,10-13,17,20H,2-7,9H2,1H3/t17-/m1/s1. The van der Waals surface area contributed by atoms with E-state index >= 15 is 0 Å². The highest BCUT2D eigenvalue weighted by atomic mass is 19.3. The van der Waals surface area contributed by atoms with Crippen LogP contribution in [0.5, 0.6) is 0 Å². The molecule has 5 rings (SSSR count). The number of fused-ring (bicyclic) bond motifs is 1. The van der Waals surface area contributed by atoms with E-state index in [1.165, 1.54) is 6.07 Å². The van der Waals surface area contributed by atoms with Crippen molar-refractivity contribution in [3.8, 4) is 0 Å². The second kappa shape index (κ2) is 7.45. The Morgan fingerprint density at radius 1 is 1.10 bits per heavy atom. The number of hydrogen-bond donors (Lipinski definition) is 0. The fourth-order valence-electron chi connectivity index (χ4n) is 4.28. The molecule has 1 aliphatic heterocycles. The summed E-state index contributed by atoms with van der Waals surface area (Å²) in [6.45, 7) is 0.594. The van der Waals surface area contributed by atoms with Crippen LogP contribution in [0.2, 0.25) is 0 Å². The van der Waals surface area contributed by atoms with Crippen LogP contribution >= 0.6 is 0 Å². The molecular formula is C21H24F2N6O. The van der Waals surface area contributed by atoms with Crippen LogP contribution in [0.3, 0.4) is 0 Å². The van der Waals surface area contributed by atoms with E-state index in [0.717, 1.165) is 48.7 Å². The van der Waals surface area contributed by atoms with Crippen molar-refractivity contribution >= 4 is 11.6 Å². The fraction of sp³-hybridized carbons (Fsp3) is 0.524.